The molecule has 0 heterocycles. The van der Waals surface area contributed by atoms with Gasteiger partial charge in [-0.05, 0) is 45.0 Å². The van der Waals surface area contributed by atoms with Crippen LogP contribution in [0, 0.1) is 0 Å². The lowest BCUT2D eigenvalue weighted by Gasteiger charge is -2.14. The molecule has 1 rings (SSSR count). The fourth-order valence-corrected chi connectivity index (χ4v) is 2.78. The van der Waals surface area contributed by atoms with Gasteiger partial charge in [0.1, 0.15) is 18.5 Å². The number of allylic oxidation sites excluding steroid dienone is 1. The summed E-state index contributed by atoms with van der Waals surface area (Å²) in [5.74, 6) is 1.65. The van der Waals surface area contributed by atoms with Crippen molar-refractivity contribution >= 4 is 21.9 Å². The van der Waals surface area contributed by atoms with Crippen LogP contribution in [0.3, 0.4) is 0 Å². The Kier molecular flexibility index (Phi) is 7.28. The van der Waals surface area contributed by atoms with E-state index in [-0.39, 0.29) is 12.7 Å². The second-order valence-corrected chi connectivity index (χ2v) is 7.72. The Morgan fingerprint density at radius 3 is 2.43 bits per heavy atom. The summed E-state index contributed by atoms with van der Waals surface area (Å²) in [6.07, 6.45) is 2.88. The maximum absolute atomic E-state index is 10.9. The molecule has 0 saturated heterocycles. The molecule has 0 spiro atoms. The predicted molar refractivity (Wildman–Crippen MR) is 87.5 cm³/mol. The quantitative estimate of drug-likeness (QED) is 0.415. The van der Waals surface area contributed by atoms with Crippen LogP contribution in [0.15, 0.2) is 40.8 Å². The molecule has 6 heteroatoms. The normalized spacial score (nSPS) is 12.8. The zero-order valence-corrected chi connectivity index (χ0v) is 14.5. The molecule has 0 saturated carbocycles. The Hall–Kier alpha value is -0.980. The summed E-state index contributed by atoms with van der Waals surface area (Å²) in [7, 11) is -3.42. The van der Waals surface area contributed by atoms with Crippen LogP contribution in [0.4, 0.5) is 0 Å². The average molecular weight is 330 g/mol. The van der Waals surface area contributed by atoms with Crippen molar-refractivity contribution < 1.29 is 17.3 Å². The molecule has 1 unspecified atom stereocenters. The van der Waals surface area contributed by atoms with Crippen LogP contribution >= 0.6 is 11.8 Å². The van der Waals surface area contributed by atoms with Gasteiger partial charge in [-0.3, -0.25) is 4.18 Å². The zero-order chi connectivity index (χ0) is 15.9. The minimum absolute atomic E-state index is 0.00983. The number of thioether (sulfide) groups is 1. The van der Waals surface area contributed by atoms with Crippen LogP contribution in [-0.2, 0) is 14.3 Å². The van der Waals surface area contributed by atoms with E-state index in [1.54, 1.807) is 18.7 Å². The van der Waals surface area contributed by atoms with Gasteiger partial charge in [-0.1, -0.05) is 11.6 Å². The largest absolute Gasteiger partial charge is 0.488 e. The lowest BCUT2D eigenvalue weighted by atomic mass is 10.3. The summed E-state index contributed by atoms with van der Waals surface area (Å²) >= 11 is 1.75. The maximum atomic E-state index is 10.9. The van der Waals surface area contributed by atoms with E-state index in [0.717, 1.165) is 12.0 Å². The Morgan fingerprint density at radius 2 is 1.90 bits per heavy atom. The molecule has 0 bridgehead atoms. The van der Waals surface area contributed by atoms with E-state index in [1.165, 1.54) is 10.5 Å². The number of rotatable bonds is 8. The van der Waals surface area contributed by atoms with E-state index in [0.29, 0.717) is 5.75 Å². The molecule has 0 aliphatic rings. The van der Waals surface area contributed by atoms with E-state index in [4.69, 9.17) is 8.92 Å². The molecule has 1 aromatic carbocycles. The van der Waals surface area contributed by atoms with Crippen LogP contribution in [0.5, 0.6) is 5.75 Å². The van der Waals surface area contributed by atoms with Crippen molar-refractivity contribution in [3.05, 3.63) is 35.9 Å². The van der Waals surface area contributed by atoms with Gasteiger partial charge in [0.25, 0.3) is 10.1 Å². The fourth-order valence-electron chi connectivity index (χ4n) is 1.40. The molecule has 4 nitrogen and oxygen atoms in total. The van der Waals surface area contributed by atoms with Crippen molar-refractivity contribution in [2.75, 3.05) is 18.6 Å². The topological polar surface area (TPSA) is 52.6 Å². The number of hydrogen-bond donors (Lipinski definition) is 0. The zero-order valence-electron chi connectivity index (χ0n) is 12.8. The monoisotopic (exact) mass is 330 g/mol. The van der Waals surface area contributed by atoms with Crippen LogP contribution in [-0.4, -0.2) is 33.1 Å². The summed E-state index contributed by atoms with van der Waals surface area (Å²) in [4.78, 5) is 1.17. The first-order valence-corrected chi connectivity index (χ1v) is 9.44. The molecule has 0 N–H and O–H groups in total. The molecular formula is C15H22O4S2. The number of ether oxygens (including phenoxy) is 1. The van der Waals surface area contributed by atoms with Gasteiger partial charge in [0, 0.05) is 10.6 Å². The molecule has 118 valence electrons. The Bertz CT molecular complexity index is 558. The minimum Gasteiger partial charge on any atom is -0.488 e. The van der Waals surface area contributed by atoms with Gasteiger partial charge in [-0.15, -0.1) is 11.8 Å². The van der Waals surface area contributed by atoms with E-state index in [2.05, 4.69) is 19.9 Å². The molecule has 0 amide bonds. The first-order valence-electron chi connectivity index (χ1n) is 6.63. The van der Waals surface area contributed by atoms with Gasteiger partial charge >= 0.3 is 0 Å². The molecule has 0 aromatic heterocycles. The van der Waals surface area contributed by atoms with Crippen molar-refractivity contribution in [3.8, 4) is 5.75 Å². The summed E-state index contributed by atoms with van der Waals surface area (Å²) in [6.45, 7) is 5.94. The van der Waals surface area contributed by atoms with Crippen LogP contribution in [0.1, 0.15) is 20.8 Å². The van der Waals surface area contributed by atoms with Crippen LogP contribution in [0.2, 0.25) is 0 Å². The molecule has 0 aliphatic carbocycles. The highest BCUT2D eigenvalue weighted by Gasteiger charge is 2.09. The molecule has 21 heavy (non-hydrogen) atoms. The van der Waals surface area contributed by atoms with Gasteiger partial charge in [-0.2, -0.15) is 8.42 Å². The molecule has 1 aromatic rings. The lowest BCUT2D eigenvalue weighted by molar-refractivity contribution is 0.147. The molecular weight excluding hydrogens is 308 g/mol. The van der Waals surface area contributed by atoms with Gasteiger partial charge in [-0.25, -0.2) is 0 Å². The first kappa shape index (κ1) is 18.1. The predicted octanol–water partition coefficient (Wildman–Crippen LogP) is 3.49. The van der Waals surface area contributed by atoms with E-state index >= 15 is 0 Å². The SMILES string of the molecule is CC(C)=CCSc1ccc(OC(C)COS(C)(=O)=O)cc1. The number of benzene rings is 1. The van der Waals surface area contributed by atoms with Crippen LogP contribution < -0.4 is 4.74 Å². The Balaban J connectivity index is 2.45. The minimum atomic E-state index is -3.42. The second-order valence-electron chi connectivity index (χ2n) is 4.98. The fraction of sp³-hybridized carbons (Fsp3) is 0.467. The molecule has 0 radical (unpaired) electrons. The van der Waals surface area contributed by atoms with Gasteiger partial charge in [0.2, 0.25) is 0 Å². The third kappa shape index (κ3) is 8.80. The van der Waals surface area contributed by atoms with Crippen molar-refractivity contribution in [1.82, 2.24) is 0 Å². The van der Waals surface area contributed by atoms with Crippen molar-refractivity contribution in [2.24, 2.45) is 0 Å². The third-order valence-corrected chi connectivity index (χ3v) is 3.92. The summed E-state index contributed by atoms with van der Waals surface area (Å²) in [6, 6.07) is 7.73. The first-order chi connectivity index (χ1) is 9.76. The average Bonchev–Trinajstić information content (AvgIpc) is 2.37. The highest BCUT2D eigenvalue weighted by molar-refractivity contribution is 7.99. The molecule has 0 fully saturated rings. The lowest BCUT2D eigenvalue weighted by Crippen LogP contribution is -2.21. The van der Waals surface area contributed by atoms with Crippen molar-refractivity contribution in [2.45, 2.75) is 31.8 Å². The van der Waals surface area contributed by atoms with E-state index in [1.807, 2.05) is 24.3 Å². The highest BCUT2D eigenvalue weighted by Crippen LogP contribution is 2.22. The Morgan fingerprint density at radius 1 is 1.29 bits per heavy atom. The molecule has 1 atom stereocenters. The number of hydrogen-bond acceptors (Lipinski definition) is 5. The highest BCUT2D eigenvalue weighted by atomic mass is 32.2. The molecule has 0 aliphatic heterocycles. The van der Waals surface area contributed by atoms with Gasteiger partial charge in [0.15, 0.2) is 0 Å². The summed E-state index contributed by atoms with van der Waals surface area (Å²) < 4.78 is 32.1. The smallest absolute Gasteiger partial charge is 0.264 e. The Labute approximate surface area is 131 Å². The maximum Gasteiger partial charge on any atom is 0.264 e. The van der Waals surface area contributed by atoms with Gasteiger partial charge in [0.05, 0.1) is 6.26 Å². The van der Waals surface area contributed by atoms with E-state index < -0.39 is 10.1 Å². The second kappa shape index (κ2) is 8.46. The van der Waals surface area contributed by atoms with Crippen molar-refractivity contribution in [3.63, 3.8) is 0 Å². The summed E-state index contributed by atoms with van der Waals surface area (Å²) in [5, 5.41) is 0. The van der Waals surface area contributed by atoms with Crippen molar-refractivity contribution in [1.29, 1.82) is 0 Å². The summed E-state index contributed by atoms with van der Waals surface area (Å²) in [5.41, 5.74) is 1.31. The standard InChI is InChI=1S/C15H22O4S2/c1-12(2)9-10-20-15-7-5-14(6-8-15)19-13(3)11-18-21(4,16)17/h5-9,13H,10-11H2,1-4H3. The van der Waals surface area contributed by atoms with Crippen LogP contribution in [0.25, 0.3) is 0 Å². The van der Waals surface area contributed by atoms with E-state index in [9.17, 15) is 8.42 Å². The van der Waals surface area contributed by atoms with Gasteiger partial charge < -0.3 is 4.74 Å². The third-order valence-electron chi connectivity index (χ3n) is 2.42.